The summed E-state index contributed by atoms with van der Waals surface area (Å²) in [5, 5.41) is 3.12. The van der Waals surface area contributed by atoms with E-state index in [1.54, 1.807) is 18.0 Å². The summed E-state index contributed by atoms with van der Waals surface area (Å²) in [4.78, 5) is 8.54. The minimum absolute atomic E-state index is 0.803. The molecule has 1 N–H and O–H groups in total. The number of rotatable bonds is 1. The van der Waals surface area contributed by atoms with Gasteiger partial charge in [-0.25, -0.2) is 0 Å². The molecule has 0 unspecified atom stereocenters. The van der Waals surface area contributed by atoms with E-state index < -0.39 is 0 Å². The Morgan fingerprint density at radius 2 is 2.12 bits per heavy atom. The molecule has 0 aliphatic heterocycles. The molecular weight excluding hydrogens is 240 g/mol. The van der Waals surface area contributed by atoms with Crippen molar-refractivity contribution >= 4 is 45.2 Å². The zero-order chi connectivity index (χ0) is 11.1. The van der Waals surface area contributed by atoms with E-state index in [1.807, 2.05) is 24.6 Å². The van der Waals surface area contributed by atoms with Crippen LogP contribution in [0.25, 0.3) is 21.8 Å². The number of nitrogens with one attached hydrogen (secondary N) is 1. The Hall–Kier alpha value is -1.19. The van der Waals surface area contributed by atoms with Gasteiger partial charge < -0.3 is 4.98 Å². The SMILES string of the molecule is CSc1cc2[nH]c3cnccc3c2cc1Cl. The van der Waals surface area contributed by atoms with Crippen LogP contribution < -0.4 is 0 Å². The predicted octanol–water partition coefficient (Wildman–Crippen LogP) is 4.09. The summed E-state index contributed by atoms with van der Waals surface area (Å²) in [6.07, 6.45) is 5.66. The molecule has 2 heterocycles. The highest BCUT2D eigenvalue weighted by molar-refractivity contribution is 7.98. The van der Waals surface area contributed by atoms with Gasteiger partial charge in [0.15, 0.2) is 0 Å². The Bertz CT molecular complexity index is 675. The van der Waals surface area contributed by atoms with Crippen LogP contribution in [0.4, 0.5) is 0 Å². The number of hydrogen-bond donors (Lipinski definition) is 1. The zero-order valence-electron chi connectivity index (χ0n) is 8.62. The number of pyridine rings is 1. The third-order valence-corrected chi connectivity index (χ3v) is 3.87. The van der Waals surface area contributed by atoms with Gasteiger partial charge in [0.05, 0.1) is 16.7 Å². The van der Waals surface area contributed by atoms with E-state index in [2.05, 4.69) is 16.0 Å². The van der Waals surface area contributed by atoms with E-state index in [0.29, 0.717) is 0 Å². The lowest BCUT2D eigenvalue weighted by atomic mass is 10.2. The first-order valence-corrected chi connectivity index (χ1v) is 6.49. The second kappa shape index (κ2) is 3.68. The summed E-state index contributed by atoms with van der Waals surface area (Å²) in [5.74, 6) is 0. The van der Waals surface area contributed by atoms with Crippen molar-refractivity contribution in [1.29, 1.82) is 0 Å². The van der Waals surface area contributed by atoms with Crippen molar-refractivity contribution in [3.05, 3.63) is 35.6 Å². The summed E-state index contributed by atoms with van der Waals surface area (Å²) < 4.78 is 0. The molecule has 16 heavy (non-hydrogen) atoms. The maximum atomic E-state index is 6.21. The molecule has 0 aliphatic carbocycles. The fourth-order valence-electron chi connectivity index (χ4n) is 1.91. The third-order valence-electron chi connectivity index (χ3n) is 2.67. The van der Waals surface area contributed by atoms with Gasteiger partial charge in [-0.2, -0.15) is 0 Å². The van der Waals surface area contributed by atoms with Crippen molar-refractivity contribution in [3.8, 4) is 0 Å². The van der Waals surface area contributed by atoms with Crippen LogP contribution in [-0.4, -0.2) is 16.2 Å². The van der Waals surface area contributed by atoms with Crippen LogP contribution in [0.5, 0.6) is 0 Å². The lowest BCUT2D eigenvalue weighted by molar-refractivity contribution is 1.35. The van der Waals surface area contributed by atoms with E-state index in [4.69, 9.17) is 11.6 Å². The van der Waals surface area contributed by atoms with Gasteiger partial charge in [0.1, 0.15) is 0 Å². The van der Waals surface area contributed by atoms with Crippen LogP contribution in [0.2, 0.25) is 5.02 Å². The van der Waals surface area contributed by atoms with Gasteiger partial charge in [-0.1, -0.05) is 11.6 Å². The Labute approximate surface area is 102 Å². The number of fused-ring (bicyclic) bond motifs is 3. The second-order valence-electron chi connectivity index (χ2n) is 3.58. The van der Waals surface area contributed by atoms with Crippen molar-refractivity contribution in [2.75, 3.05) is 6.26 Å². The molecule has 0 spiro atoms. The molecule has 2 nitrogen and oxygen atoms in total. The molecule has 4 heteroatoms. The van der Waals surface area contributed by atoms with Crippen molar-refractivity contribution in [1.82, 2.24) is 9.97 Å². The number of thioether (sulfide) groups is 1. The van der Waals surface area contributed by atoms with Gasteiger partial charge in [0.25, 0.3) is 0 Å². The van der Waals surface area contributed by atoms with Gasteiger partial charge in [-0.15, -0.1) is 11.8 Å². The quantitative estimate of drug-likeness (QED) is 0.657. The summed E-state index contributed by atoms with van der Waals surface area (Å²) in [6.45, 7) is 0. The third kappa shape index (κ3) is 1.39. The van der Waals surface area contributed by atoms with Crippen LogP contribution in [0.3, 0.4) is 0 Å². The summed E-state index contributed by atoms with van der Waals surface area (Å²) in [5.41, 5.74) is 2.16. The van der Waals surface area contributed by atoms with E-state index >= 15 is 0 Å². The highest BCUT2D eigenvalue weighted by Gasteiger charge is 2.07. The second-order valence-corrected chi connectivity index (χ2v) is 4.83. The van der Waals surface area contributed by atoms with Crippen molar-refractivity contribution in [3.63, 3.8) is 0 Å². The number of halogens is 1. The molecule has 0 fully saturated rings. The number of aromatic amines is 1. The van der Waals surface area contributed by atoms with Crippen molar-refractivity contribution in [2.24, 2.45) is 0 Å². The Morgan fingerprint density at radius 1 is 1.25 bits per heavy atom. The number of nitrogens with zero attached hydrogens (tertiary/aromatic N) is 1. The number of hydrogen-bond acceptors (Lipinski definition) is 2. The topological polar surface area (TPSA) is 28.7 Å². The van der Waals surface area contributed by atoms with Crippen molar-refractivity contribution < 1.29 is 0 Å². The molecule has 3 aromatic rings. The minimum Gasteiger partial charge on any atom is -0.353 e. The molecule has 3 rings (SSSR count). The Morgan fingerprint density at radius 3 is 2.94 bits per heavy atom. The predicted molar refractivity (Wildman–Crippen MR) is 70.4 cm³/mol. The standard InChI is InChI=1S/C12H9ClN2S/c1-16-12-5-10-8(4-9(12)13)7-2-3-14-6-11(7)15-10/h2-6,15H,1H3. The largest absolute Gasteiger partial charge is 0.353 e. The molecule has 0 saturated carbocycles. The molecule has 0 radical (unpaired) electrons. The van der Waals surface area contributed by atoms with Gasteiger partial charge in [-0.3, -0.25) is 4.98 Å². The molecule has 80 valence electrons. The normalized spacial score (nSPS) is 11.4. The summed E-state index contributed by atoms with van der Waals surface area (Å²) in [7, 11) is 0. The highest BCUT2D eigenvalue weighted by atomic mass is 35.5. The molecule has 2 aromatic heterocycles. The van der Waals surface area contributed by atoms with Gasteiger partial charge >= 0.3 is 0 Å². The van der Waals surface area contributed by atoms with Gasteiger partial charge in [0, 0.05) is 27.4 Å². The maximum Gasteiger partial charge on any atom is 0.0651 e. The Kier molecular flexibility index (Phi) is 2.30. The zero-order valence-corrected chi connectivity index (χ0v) is 10.2. The fraction of sp³-hybridized carbons (Fsp3) is 0.0833. The first-order valence-electron chi connectivity index (χ1n) is 4.88. The maximum absolute atomic E-state index is 6.21. The average Bonchev–Trinajstić information content (AvgIpc) is 2.66. The summed E-state index contributed by atoms with van der Waals surface area (Å²) in [6, 6.07) is 6.10. The molecule has 0 atom stereocenters. The highest BCUT2D eigenvalue weighted by Crippen LogP contribution is 2.33. The first kappa shape index (κ1) is 10.00. The lowest BCUT2D eigenvalue weighted by Gasteiger charge is -2.00. The molecule has 0 saturated heterocycles. The number of aromatic nitrogens is 2. The first-order chi connectivity index (χ1) is 7.79. The minimum atomic E-state index is 0.803. The van der Waals surface area contributed by atoms with E-state index in [9.17, 15) is 0 Å². The van der Waals surface area contributed by atoms with Crippen LogP contribution in [0, 0.1) is 0 Å². The molecule has 0 aliphatic rings. The monoisotopic (exact) mass is 248 g/mol. The van der Waals surface area contributed by atoms with Gasteiger partial charge in [0.2, 0.25) is 0 Å². The number of benzene rings is 1. The van der Waals surface area contributed by atoms with Crippen molar-refractivity contribution in [2.45, 2.75) is 4.90 Å². The molecule has 0 bridgehead atoms. The smallest absolute Gasteiger partial charge is 0.0651 e. The van der Waals surface area contributed by atoms with Crippen LogP contribution >= 0.6 is 23.4 Å². The average molecular weight is 249 g/mol. The van der Waals surface area contributed by atoms with Crippen LogP contribution in [-0.2, 0) is 0 Å². The van der Waals surface area contributed by atoms with E-state index in [1.165, 1.54) is 5.39 Å². The molecule has 1 aromatic carbocycles. The number of H-pyrrole nitrogens is 1. The fourth-order valence-corrected chi connectivity index (χ4v) is 2.79. The summed E-state index contributed by atoms with van der Waals surface area (Å²) >= 11 is 7.86. The van der Waals surface area contributed by atoms with Crippen LogP contribution in [0.1, 0.15) is 0 Å². The van der Waals surface area contributed by atoms with E-state index in [-0.39, 0.29) is 0 Å². The Balaban J connectivity index is 2.46. The molecular formula is C12H9ClN2S. The van der Waals surface area contributed by atoms with Crippen LogP contribution in [0.15, 0.2) is 35.5 Å². The lowest BCUT2D eigenvalue weighted by Crippen LogP contribution is -1.74. The van der Waals surface area contributed by atoms with Gasteiger partial charge in [-0.05, 0) is 24.5 Å². The van der Waals surface area contributed by atoms with E-state index in [0.717, 1.165) is 26.3 Å². The molecule has 0 amide bonds.